The van der Waals surface area contributed by atoms with Gasteiger partial charge in [-0.3, -0.25) is 14.4 Å². The Morgan fingerprint density at radius 2 is 1.27 bits per heavy atom. The van der Waals surface area contributed by atoms with E-state index in [1.165, 1.54) is 51.4 Å². The summed E-state index contributed by atoms with van der Waals surface area (Å²) in [4.78, 5) is 46.6. The monoisotopic (exact) mass is 528 g/mol. The van der Waals surface area contributed by atoms with Crippen molar-refractivity contribution >= 4 is 23.8 Å². The van der Waals surface area contributed by atoms with Gasteiger partial charge in [0.15, 0.2) is 0 Å². The van der Waals surface area contributed by atoms with E-state index in [2.05, 4.69) is 24.5 Å². The van der Waals surface area contributed by atoms with Crippen LogP contribution in [-0.4, -0.2) is 59.3 Å². The molecule has 0 aliphatic heterocycles. The number of aliphatic carboxylic acids is 1. The summed E-state index contributed by atoms with van der Waals surface area (Å²) in [6.07, 6.45) is 17.8. The minimum absolute atomic E-state index is 0.0770. The van der Waals surface area contributed by atoms with Crippen LogP contribution in [0.2, 0.25) is 0 Å². The van der Waals surface area contributed by atoms with Gasteiger partial charge in [0.2, 0.25) is 11.8 Å². The van der Waals surface area contributed by atoms with Gasteiger partial charge in [0, 0.05) is 12.8 Å². The maximum atomic E-state index is 12.2. The smallest absolute Gasteiger partial charge is 0.328 e. The third kappa shape index (κ3) is 21.6. The van der Waals surface area contributed by atoms with Crippen molar-refractivity contribution < 1.29 is 34.1 Å². The molecule has 2 amide bonds. The first-order valence-corrected chi connectivity index (χ1v) is 14.4. The summed E-state index contributed by atoms with van der Waals surface area (Å²) in [5, 5.41) is 22.3. The second kappa shape index (κ2) is 24.2. The van der Waals surface area contributed by atoms with Crippen molar-refractivity contribution in [3.8, 4) is 0 Å². The number of unbranched alkanes of at least 4 members (excludes halogenated alkanes) is 11. The number of carboxylic acids is 1. The summed E-state index contributed by atoms with van der Waals surface area (Å²) in [6.45, 7) is 3.25. The molecule has 0 radical (unpaired) electrons. The number of hydrogen-bond acceptors (Lipinski definition) is 6. The molecule has 0 rings (SSSR count). The van der Waals surface area contributed by atoms with Crippen LogP contribution in [0.3, 0.4) is 0 Å². The van der Waals surface area contributed by atoms with Crippen molar-refractivity contribution in [2.45, 2.75) is 142 Å². The molecule has 9 heteroatoms. The fourth-order valence-corrected chi connectivity index (χ4v) is 4.12. The van der Waals surface area contributed by atoms with Crippen molar-refractivity contribution in [2.24, 2.45) is 0 Å². The molecule has 0 aromatic heterocycles. The Labute approximate surface area is 223 Å². The summed E-state index contributed by atoms with van der Waals surface area (Å²) in [7, 11) is 0. The number of aliphatic hydroxyl groups is 1. The lowest BCUT2D eigenvalue weighted by Crippen LogP contribution is -2.47. The molecule has 0 fully saturated rings. The number of ether oxygens (including phenoxy) is 1. The van der Waals surface area contributed by atoms with Crippen LogP contribution in [0, 0.1) is 0 Å². The van der Waals surface area contributed by atoms with Crippen molar-refractivity contribution in [2.75, 3.05) is 13.2 Å². The second-order valence-electron chi connectivity index (χ2n) is 9.85. The largest absolute Gasteiger partial charge is 0.480 e. The van der Waals surface area contributed by atoms with Gasteiger partial charge in [0.25, 0.3) is 0 Å². The number of carbonyl (C=O) groups is 4. The van der Waals surface area contributed by atoms with Crippen molar-refractivity contribution in [3.05, 3.63) is 0 Å². The summed E-state index contributed by atoms with van der Waals surface area (Å²) in [5.41, 5.74) is 0. The molecular formula is C28H52N2O7. The van der Waals surface area contributed by atoms with E-state index in [4.69, 9.17) is 14.9 Å². The molecule has 0 heterocycles. The molecule has 0 aromatic carbocycles. The first-order valence-electron chi connectivity index (χ1n) is 14.4. The molecule has 2 unspecified atom stereocenters. The highest BCUT2D eigenvalue weighted by Crippen LogP contribution is 2.16. The molecule has 0 saturated carbocycles. The number of nitrogens with one attached hydrogen (secondary N) is 2. The molecule has 0 spiro atoms. The van der Waals surface area contributed by atoms with E-state index in [1.54, 1.807) is 0 Å². The van der Waals surface area contributed by atoms with Crippen LogP contribution in [0.4, 0.5) is 0 Å². The van der Waals surface area contributed by atoms with Crippen LogP contribution < -0.4 is 10.6 Å². The minimum atomic E-state index is -1.38. The van der Waals surface area contributed by atoms with Crippen molar-refractivity contribution in [3.63, 3.8) is 0 Å². The highest BCUT2D eigenvalue weighted by molar-refractivity contribution is 5.87. The summed E-state index contributed by atoms with van der Waals surface area (Å²) >= 11 is 0. The second-order valence-corrected chi connectivity index (χ2v) is 9.85. The van der Waals surface area contributed by atoms with Crippen LogP contribution in [0.15, 0.2) is 0 Å². The minimum Gasteiger partial charge on any atom is -0.480 e. The van der Waals surface area contributed by atoms with Gasteiger partial charge in [-0.25, -0.2) is 4.79 Å². The van der Waals surface area contributed by atoms with Crippen LogP contribution >= 0.6 is 0 Å². The zero-order chi connectivity index (χ0) is 27.7. The third-order valence-electron chi connectivity index (χ3n) is 6.34. The van der Waals surface area contributed by atoms with E-state index in [0.717, 1.165) is 44.9 Å². The average molecular weight is 529 g/mol. The van der Waals surface area contributed by atoms with Crippen LogP contribution in [0.5, 0.6) is 0 Å². The van der Waals surface area contributed by atoms with Crippen molar-refractivity contribution in [1.29, 1.82) is 0 Å². The first-order chi connectivity index (χ1) is 17.8. The van der Waals surface area contributed by atoms with Gasteiger partial charge in [-0.05, 0) is 32.1 Å². The van der Waals surface area contributed by atoms with Gasteiger partial charge in [-0.15, -0.1) is 0 Å². The predicted molar refractivity (Wildman–Crippen MR) is 144 cm³/mol. The van der Waals surface area contributed by atoms with E-state index < -0.39 is 24.5 Å². The normalized spacial score (nSPS) is 12.5. The molecule has 4 N–H and O–H groups in total. The molecule has 37 heavy (non-hydrogen) atoms. The number of carbonyl (C=O) groups excluding carboxylic acids is 3. The molecule has 0 aromatic rings. The Morgan fingerprint density at radius 3 is 1.84 bits per heavy atom. The highest BCUT2D eigenvalue weighted by atomic mass is 16.5. The van der Waals surface area contributed by atoms with E-state index >= 15 is 0 Å². The highest BCUT2D eigenvalue weighted by Gasteiger charge is 2.19. The Morgan fingerprint density at radius 1 is 0.703 bits per heavy atom. The van der Waals surface area contributed by atoms with Gasteiger partial charge >= 0.3 is 11.9 Å². The Kier molecular flexibility index (Phi) is 22.8. The number of rotatable bonds is 25. The van der Waals surface area contributed by atoms with E-state index in [1.807, 2.05) is 0 Å². The third-order valence-corrected chi connectivity index (χ3v) is 6.34. The SMILES string of the molecule is CCCCCCCCCCCCC(=O)OC(CCC)CCCCCC(=O)NCC(=O)NC(CO)C(=O)O. The van der Waals surface area contributed by atoms with Gasteiger partial charge in [-0.1, -0.05) is 84.5 Å². The fourth-order valence-electron chi connectivity index (χ4n) is 4.12. The number of aliphatic hydroxyl groups excluding tert-OH is 1. The molecule has 0 aliphatic carbocycles. The van der Waals surface area contributed by atoms with E-state index in [9.17, 15) is 19.2 Å². The summed E-state index contributed by atoms with van der Waals surface area (Å²) in [5.74, 6) is -2.41. The molecule has 0 bridgehead atoms. The quantitative estimate of drug-likeness (QED) is 0.0999. The number of carboxylic acid groups (broad SMARTS) is 1. The van der Waals surface area contributed by atoms with Gasteiger partial charge < -0.3 is 25.6 Å². The Bertz CT molecular complexity index is 628. The average Bonchev–Trinajstić information content (AvgIpc) is 2.86. The molecule has 216 valence electrons. The molecule has 9 nitrogen and oxygen atoms in total. The summed E-state index contributed by atoms with van der Waals surface area (Å²) < 4.78 is 5.70. The topological polar surface area (TPSA) is 142 Å². The number of hydrogen-bond donors (Lipinski definition) is 4. The lowest BCUT2D eigenvalue weighted by atomic mass is 10.0. The zero-order valence-electron chi connectivity index (χ0n) is 23.2. The van der Waals surface area contributed by atoms with Crippen LogP contribution in [0.1, 0.15) is 129 Å². The first kappa shape index (κ1) is 34.8. The maximum Gasteiger partial charge on any atom is 0.328 e. The summed E-state index contributed by atoms with van der Waals surface area (Å²) in [6, 6.07) is -1.38. The predicted octanol–water partition coefficient (Wildman–Crippen LogP) is 4.64. The molecular weight excluding hydrogens is 476 g/mol. The zero-order valence-corrected chi connectivity index (χ0v) is 23.2. The van der Waals surface area contributed by atoms with Crippen LogP contribution in [-0.2, 0) is 23.9 Å². The Hall–Kier alpha value is -2.16. The maximum absolute atomic E-state index is 12.2. The molecule has 0 saturated heterocycles. The fraction of sp³-hybridized carbons (Fsp3) is 0.857. The number of esters is 1. The molecule has 0 aliphatic rings. The lowest BCUT2D eigenvalue weighted by Gasteiger charge is -2.17. The van der Waals surface area contributed by atoms with Crippen molar-refractivity contribution in [1.82, 2.24) is 10.6 Å². The Balaban J connectivity index is 3.88. The van der Waals surface area contributed by atoms with Gasteiger partial charge in [0.05, 0.1) is 13.2 Å². The van der Waals surface area contributed by atoms with Gasteiger partial charge in [-0.2, -0.15) is 0 Å². The van der Waals surface area contributed by atoms with Crippen LogP contribution in [0.25, 0.3) is 0 Å². The van der Waals surface area contributed by atoms with E-state index in [-0.39, 0.29) is 30.9 Å². The molecule has 2 atom stereocenters. The van der Waals surface area contributed by atoms with E-state index in [0.29, 0.717) is 12.8 Å². The van der Waals surface area contributed by atoms with Gasteiger partial charge in [0.1, 0.15) is 12.1 Å². The number of amides is 2. The standard InChI is InChI=1S/C28H52N2O7/c1-3-5-6-7-8-9-10-11-12-16-20-27(34)37-23(17-4-2)18-14-13-15-19-25(32)29-21-26(33)30-24(22-31)28(35)36/h23-24,31H,3-22H2,1-2H3,(H,29,32)(H,30,33)(H,35,36). The lowest BCUT2D eigenvalue weighted by molar-refractivity contribution is -0.150.